The molecule has 0 aliphatic rings. The minimum Gasteiger partial charge on any atom is -0.453 e. The van der Waals surface area contributed by atoms with Crippen LogP contribution in [0.4, 0.5) is 0 Å². The first kappa shape index (κ1) is 11.1. The van der Waals surface area contributed by atoms with Crippen molar-refractivity contribution >= 4 is 21.7 Å². The van der Waals surface area contributed by atoms with Crippen molar-refractivity contribution in [1.82, 2.24) is 0 Å². The summed E-state index contributed by atoms with van der Waals surface area (Å²) < 4.78 is 6.49. The van der Waals surface area contributed by atoms with E-state index in [1.807, 2.05) is 31.2 Å². The van der Waals surface area contributed by atoms with Gasteiger partial charge in [0.25, 0.3) is 0 Å². The summed E-state index contributed by atoms with van der Waals surface area (Å²) in [7, 11) is 0. The highest BCUT2D eigenvalue weighted by atomic mass is 79.9. The first-order chi connectivity index (χ1) is 7.59. The highest BCUT2D eigenvalue weighted by Crippen LogP contribution is 2.31. The van der Waals surface area contributed by atoms with E-state index >= 15 is 0 Å². The highest BCUT2D eigenvalue weighted by molar-refractivity contribution is 9.10. The van der Waals surface area contributed by atoms with E-state index < -0.39 is 0 Å². The fraction of sp³-hybridized carbons (Fsp3) is 0.154. The summed E-state index contributed by atoms with van der Waals surface area (Å²) in [5, 5.41) is 0. The van der Waals surface area contributed by atoms with Crippen molar-refractivity contribution in [1.29, 1.82) is 0 Å². The standard InChI is InChI=1S/C13H11BrO2/c1-8-4-3-5-10(13(8)14)12-7-6-11(16-12)9(2)15/h3-7H,1-2H3. The molecule has 0 aliphatic carbocycles. The summed E-state index contributed by atoms with van der Waals surface area (Å²) in [5.41, 5.74) is 2.10. The van der Waals surface area contributed by atoms with Crippen molar-refractivity contribution in [3.63, 3.8) is 0 Å². The molecule has 0 unspecified atom stereocenters. The molecule has 3 heteroatoms. The number of rotatable bonds is 2. The van der Waals surface area contributed by atoms with E-state index in [1.54, 1.807) is 6.07 Å². The van der Waals surface area contributed by atoms with E-state index in [9.17, 15) is 4.79 Å². The van der Waals surface area contributed by atoms with E-state index in [1.165, 1.54) is 6.92 Å². The number of aryl methyl sites for hydroxylation is 1. The zero-order valence-electron chi connectivity index (χ0n) is 9.08. The van der Waals surface area contributed by atoms with Crippen LogP contribution in [0.5, 0.6) is 0 Å². The molecule has 0 bridgehead atoms. The molecule has 0 fully saturated rings. The average Bonchev–Trinajstić information content (AvgIpc) is 2.71. The van der Waals surface area contributed by atoms with Crippen LogP contribution in [0.2, 0.25) is 0 Å². The summed E-state index contributed by atoms with van der Waals surface area (Å²) in [5.74, 6) is 1.04. The Morgan fingerprint density at radius 3 is 2.62 bits per heavy atom. The Bertz CT molecular complexity index is 541. The van der Waals surface area contributed by atoms with Crippen molar-refractivity contribution < 1.29 is 9.21 Å². The van der Waals surface area contributed by atoms with Crippen LogP contribution in [0.1, 0.15) is 23.0 Å². The molecular weight excluding hydrogens is 268 g/mol. The summed E-state index contributed by atoms with van der Waals surface area (Å²) in [6.45, 7) is 3.51. The van der Waals surface area contributed by atoms with Crippen molar-refractivity contribution in [3.8, 4) is 11.3 Å². The second-order valence-corrected chi connectivity index (χ2v) is 4.45. The summed E-state index contributed by atoms with van der Waals surface area (Å²) >= 11 is 3.52. The van der Waals surface area contributed by atoms with E-state index in [2.05, 4.69) is 15.9 Å². The van der Waals surface area contributed by atoms with Gasteiger partial charge in [0.2, 0.25) is 0 Å². The minimum atomic E-state index is -0.0602. The van der Waals surface area contributed by atoms with Gasteiger partial charge >= 0.3 is 0 Å². The first-order valence-electron chi connectivity index (χ1n) is 4.96. The third-order valence-corrected chi connectivity index (χ3v) is 3.46. The molecular formula is C13H11BrO2. The van der Waals surface area contributed by atoms with Crippen LogP contribution in [-0.2, 0) is 0 Å². The molecule has 0 spiro atoms. The molecule has 2 aromatic rings. The third-order valence-electron chi connectivity index (χ3n) is 2.41. The summed E-state index contributed by atoms with van der Waals surface area (Å²) in [4.78, 5) is 11.1. The van der Waals surface area contributed by atoms with Crippen LogP contribution in [0.3, 0.4) is 0 Å². The van der Waals surface area contributed by atoms with Crippen LogP contribution >= 0.6 is 15.9 Å². The van der Waals surface area contributed by atoms with Gasteiger partial charge in [-0.25, -0.2) is 0 Å². The van der Waals surface area contributed by atoms with Crippen molar-refractivity contribution in [3.05, 3.63) is 46.1 Å². The maximum atomic E-state index is 11.1. The largest absolute Gasteiger partial charge is 0.453 e. The highest BCUT2D eigenvalue weighted by Gasteiger charge is 2.11. The van der Waals surface area contributed by atoms with Gasteiger partial charge in [0.1, 0.15) is 5.76 Å². The van der Waals surface area contributed by atoms with E-state index in [0.29, 0.717) is 11.5 Å². The maximum absolute atomic E-state index is 11.1. The number of benzene rings is 1. The maximum Gasteiger partial charge on any atom is 0.194 e. The van der Waals surface area contributed by atoms with Gasteiger partial charge in [-0.1, -0.05) is 18.2 Å². The Morgan fingerprint density at radius 2 is 2.00 bits per heavy atom. The molecule has 16 heavy (non-hydrogen) atoms. The Labute approximate surface area is 102 Å². The molecule has 0 N–H and O–H groups in total. The SMILES string of the molecule is CC(=O)c1ccc(-c2cccc(C)c2Br)o1. The number of ketones is 1. The van der Waals surface area contributed by atoms with Crippen LogP contribution in [0.25, 0.3) is 11.3 Å². The molecule has 0 aliphatic heterocycles. The predicted octanol–water partition coefficient (Wildman–Crippen LogP) is 4.22. The summed E-state index contributed by atoms with van der Waals surface area (Å²) in [6.07, 6.45) is 0. The van der Waals surface area contributed by atoms with Crippen molar-refractivity contribution in [2.24, 2.45) is 0 Å². The van der Waals surface area contributed by atoms with E-state index in [0.717, 1.165) is 15.6 Å². The predicted molar refractivity (Wildman–Crippen MR) is 66.6 cm³/mol. The Balaban J connectivity index is 2.50. The van der Waals surface area contributed by atoms with Gasteiger partial charge in [-0.15, -0.1) is 0 Å². The normalized spacial score (nSPS) is 10.4. The van der Waals surface area contributed by atoms with Gasteiger partial charge in [0.15, 0.2) is 11.5 Å². The lowest BCUT2D eigenvalue weighted by molar-refractivity contribution is 0.0988. The van der Waals surface area contributed by atoms with Crippen LogP contribution in [0, 0.1) is 6.92 Å². The van der Waals surface area contributed by atoms with Gasteiger partial charge in [0.05, 0.1) is 0 Å². The van der Waals surface area contributed by atoms with Crippen molar-refractivity contribution in [2.75, 3.05) is 0 Å². The number of Topliss-reactive ketones (excluding diaryl/α,β-unsaturated/α-hetero) is 1. The molecule has 1 heterocycles. The van der Waals surface area contributed by atoms with Gasteiger partial charge in [-0.3, -0.25) is 4.79 Å². The number of carbonyl (C=O) groups is 1. The zero-order chi connectivity index (χ0) is 11.7. The smallest absolute Gasteiger partial charge is 0.194 e. The van der Waals surface area contributed by atoms with E-state index in [4.69, 9.17) is 4.42 Å². The third kappa shape index (κ3) is 1.95. The van der Waals surface area contributed by atoms with Gasteiger partial charge in [-0.05, 0) is 40.5 Å². The average molecular weight is 279 g/mol. The Hall–Kier alpha value is -1.35. The van der Waals surface area contributed by atoms with Gasteiger partial charge < -0.3 is 4.42 Å². The number of carbonyl (C=O) groups excluding carboxylic acids is 1. The lowest BCUT2D eigenvalue weighted by atomic mass is 10.1. The van der Waals surface area contributed by atoms with Crippen molar-refractivity contribution in [2.45, 2.75) is 13.8 Å². The molecule has 0 saturated heterocycles. The summed E-state index contributed by atoms with van der Waals surface area (Å²) in [6, 6.07) is 9.45. The first-order valence-corrected chi connectivity index (χ1v) is 5.75. The van der Waals surface area contributed by atoms with Gasteiger partial charge in [0, 0.05) is 17.0 Å². The molecule has 2 rings (SSSR count). The Morgan fingerprint density at radius 1 is 1.25 bits per heavy atom. The van der Waals surface area contributed by atoms with E-state index in [-0.39, 0.29) is 5.78 Å². The zero-order valence-corrected chi connectivity index (χ0v) is 10.7. The number of hydrogen-bond acceptors (Lipinski definition) is 2. The molecule has 0 saturated carbocycles. The quantitative estimate of drug-likeness (QED) is 0.770. The number of hydrogen-bond donors (Lipinski definition) is 0. The molecule has 0 atom stereocenters. The molecule has 1 aromatic heterocycles. The lowest BCUT2D eigenvalue weighted by Gasteiger charge is -2.03. The molecule has 0 radical (unpaired) electrons. The Kier molecular flexibility index (Phi) is 2.97. The molecule has 1 aromatic carbocycles. The number of halogens is 1. The second kappa shape index (κ2) is 4.26. The van der Waals surface area contributed by atoms with Crippen LogP contribution < -0.4 is 0 Å². The monoisotopic (exact) mass is 278 g/mol. The van der Waals surface area contributed by atoms with Crippen LogP contribution in [-0.4, -0.2) is 5.78 Å². The fourth-order valence-electron chi connectivity index (χ4n) is 1.51. The van der Waals surface area contributed by atoms with Crippen LogP contribution in [0.15, 0.2) is 39.2 Å². The fourth-order valence-corrected chi connectivity index (χ4v) is 1.97. The topological polar surface area (TPSA) is 30.2 Å². The number of furan rings is 1. The second-order valence-electron chi connectivity index (χ2n) is 3.66. The molecule has 2 nitrogen and oxygen atoms in total. The molecule has 82 valence electrons. The molecule has 0 amide bonds. The van der Waals surface area contributed by atoms with Gasteiger partial charge in [-0.2, -0.15) is 0 Å². The lowest BCUT2D eigenvalue weighted by Crippen LogP contribution is -1.86. The minimum absolute atomic E-state index is 0.0602.